The number of piperidine rings is 1. The van der Waals surface area contributed by atoms with Gasteiger partial charge in [-0.3, -0.25) is 9.79 Å². The first-order chi connectivity index (χ1) is 11.3. The monoisotopic (exact) mass is 339 g/mol. The Morgan fingerprint density at radius 3 is 2.42 bits per heavy atom. The van der Waals surface area contributed by atoms with Crippen molar-refractivity contribution < 1.29 is 4.79 Å². The maximum Gasteiger partial charge on any atom is 0.225 e. The molecule has 0 bridgehead atoms. The molecule has 6 heteroatoms. The molecule has 0 aromatic carbocycles. The quantitative estimate of drug-likeness (QED) is 0.374. The fourth-order valence-electron chi connectivity index (χ4n) is 2.82. The van der Waals surface area contributed by atoms with Gasteiger partial charge in [0.1, 0.15) is 0 Å². The summed E-state index contributed by atoms with van der Waals surface area (Å²) in [6, 6.07) is 0.725. The molecular formula is C18H37N5O. The number of carbonyl (C=O) groups is 1. The highest BCUT2D eigenvalue weighted by Crippen LogP contribution is 2.16. The van der Waals surface area contributed by atoms with Gasteiger partial charge in [0.05, 0.1) is 0 Å². The van der Waals surface area contributed by atoms with Gasteiger partial charge in [-0.25, -0.2) is 0 Å². The zero-order valence-corrected chi connectivity index (χ0v) is 16.2. The maximum atomic E-state index is 11.8. The van der Waals surface area contributed by atoms with E-state index in [4.69, 9.17) is 0 Å². The summed E-state index contributed by atoms with van der Waals surface area (Å²) in [5, 5.41) is 9.50. The highest BCUT2D eigenvalue weighted by molar-refractivity contribution is 5.81. The van der Waals surface area contributed by atoms with Gasteiger partial charge >= 0.3 is 0 Å². The number of carbonyl (C=O) groups excluding carboxylic acids is 1. The van der Waals surface area contributed by atoms with Crippen LogP contribution in [0.5, 0.6) is 0 Å². The van der Waals surface area contributed by atoms with E-state index in [-0.39, 0.29) is 11.3 Å². The van der Waals surface area contributed by atoms with E-state index in [9.17, 15) is 4.79 Å². The summed E-state index contributed by atoms with van der Waals surface area (Å²) < 4.78 is 0. The number of likely N-dealkylation sites (tertiary alicyclic amines) is 1. The molecule has 1 unspecified atom stereocenters. The summed E-state index contributed by atoms with van der Waals surface area (Å²) in [5.74, 6) is 0.870. The van der Waals surface area contributed by atoms with Gasteiger partial charge in [0.25, 0.3) is 0 Å². The smallest absolute Gasteiger partial charge is 0.225 e. The molecule has 0 aromatic heterocycles. The number of rotatable bonds is 7. The van der Waals surface area contributed by atoms with E-state index in [1.54, 1.807) is 7.05 Å². The summed E-state index contributed by atoms with van der Waals surface area (Å²) in [7, 11) is 1.77. The molecule has 6 nitrogen and oxygen atoms in total. The summed E-state index contributed by atoms with van der Waals surface area (Å²) in [6.07, 6.45) is 5.16. The molecule has 1 heterocycles. The van der Waals surface area contributed by atoms with Gasteiger partial charge in [0, 0.05) is 44.7 Å². The fourth-order valence-corrected chi connectivity index (χ4v) is 2.82. The first-order valence-electron chi connectivity index (χ1n) is 9.31. The molecule has 1 fully saturated rings. The zero-order chi connectivity index (χ0) is 18.0. The first-order valence-corrected chi connectivity index (χ1v) is 9.31. The lowest BCUT2D eigenvalue weighted by atomic mass is 9.96. The largest absolute Gasteiger partial charge is 0.356 e. The Morgan fingerprint density at radius 2 is 1.79 bits per heavy atom. The Hall–Kier alpha value is -1.30. The van der Waals surface area contributed by atoms with E-state index in [0.717, 1.165) is 31.5 Å². The third-order valence-electron chi connectivity index (χ3n) is 4.46. The molecular weight excluding hydrogens is 302 g/mol. The van der Waals surface area contributed by atoms with Crippen LogP contribution in [0, 0.1) is 5.41 Å². The molecule has 0 saturated carbocycles. The Bertz CT molecular complexity index is 403. The van der Waals surface area contributed by atoms with E-state index >= 15 is 0 Å². The van der Waals surface area contributed by atoms with Crippen LogP contribution in [-0.4, -0.2) is 62.6 Å². The molecule has 1 saturated heterocycles. The highest BCUT2D eigenvalue weighted by Gasteiger charge is 2.20. The first kappa shape index (κ1) is 20.7. The lowest BCUT2D eigenvalue weighted by Crippen LogP contribution is -2.44. The zero-order valence-electron chi connectivity index (χ0n) is 16.2. The molecule has 24 heavy (non-hydrogen) atoms. The minimum Gasteiger partial charge on any atom is -0.356 e. The summed E-state index contributed by atoms with van der Waals surface area (Å²) >= 11 is 0. The Labute approximate surface area is 147 Å². The second kappa shape index (κ2) is 10.5. The van der Waals surface area contributed by atoms with Crippen molar-refractivity contribution in [1.29, 1.82) is 0 Å². The SMILES string of the molecule is CN=C(NCCCN1CCCCC1C)NCCNC(=O)C(C)(C)C. The van der Waals surface area contributed by atoms with Gasteiger partial charge in [0.15, 0.2) is 5.96 Å². The van der Waals surface area contributed by atoms with Crippen LogP contribution in [0.15, 0.2) is 4.99 Å². The van der Waals surface area contributed by atoms with Gasteiger partial charge in [-0.15, -0.1) is 0 Å². The van der Waals surface area contributed by atoms with Crippen LogP contribution in [0.2, 0.25) is 0 Å². The molecule has 1 aliphatic heterocycles. The lowest BCUT2D eigenvalue weighted by Gasteiger charge is -2.33. The van der Waals surface area contributed by atoms with Crippen molar-refractivity contribution in [2.75, 3.05) is 39.8 Å². The molecule has 1 rings (SSSR count). The van der Waals surface area contributed by atoms with E-state index < -0.39 is 0 Å². The molecule has 1 amide bonds. The van der Waals surface area contributed by atoms with E-state index in [1.807, 2.05) is 20.8 Å². The number of guanidine groups is 1. The van der Waals surface area contributed by atoms with Crippen molar-refractivity contribution in [3.63, 3.8) is 0 Å². The van der Waals surface area contributed by atoms with Crippen molar-refractivity contribution in [2.45, 2.75) is 59.4 Å². The number of aliphatic imine (C=N–C) groups is 1. The molecule has 0 spiro atoms. The van der Waals surface area contributed by atoms with Crippen LogP contribution >= 0.6 is 0 Å². The van der Waals surface area contributed by atoms with Gasteiger partial charge in [0.2, 0.25) is 5.91 Å². The van der Waals surface area contributed by atoms with Crippen molar-refractivity contribution in [3.8, 4) is 0 Å². The average Bonchev–Trinajstić information content (AvgIpc) is 2.53. The molecule has 140 valence electrons. The van der Waals surface area contributed by atoms with Crippen LogP contribution < -0.4 is 16.0 Å². The minimum absolute atomic E-state index is 0.0721. The van der Waals surface area contributed by atoms with E-state index in [0.29, 0.717) is 13.1 Å². The van der Waals surface area contributed by atoms with Crippen molar-refractivity contribution in [1.82, 2.24) is 20.9 Å². The van der Waals surface area contributed by atoms with Crippen molar-refractivity contribution >= 4 is 11.9 Å². The topological polar surface area (TPSA) is 68.8 Å². The third-order valence-corrected chi connectivity index (χ3v) is 4.46. The van der Waals surface area contributed by atoms with E-state index in [1.165, 1.54) is 25.8 Å². The molecule has 0 aromatic rings. The molecule has 0 radical (unpaired) electrons. The Kier molecular flexibility index (Phi) is 9.11. The predicted molar refractivity (Wildman–Crippen MR) is 101 cm³/mol. The summed E-state index contributed by atoms with van der Waals surface area (Å²) in [4.78, 5) is 18.6. The van der Waals surface area contributed by atoms with Gasteiger partial charge in [-0.1, -0.05) is 27.2 Å². The number of hydrogen-bond acceptors (Lipinski definition) is 3. The number of nitrogens with zero attached hydrogens (tertiary/aromatic N) is 2. The third kappa shape index (κ3) is 7.99. The summed E-state index contributed by atoms with van der Waals surface area (Å²) in [6.45, 7) is 12.6. The number of amides is 1. The van der Waals surface area contributed by atoms with Crippen molar-refractivity contribution in [2.24, 2.45) is 10.4 Å². The fraction of sp³-hybridized carbons (Fsp3) is 0.889. The number of nitrogens with one attached hydrogen (secondary N) is 3. The van der Waals surface area contributed by atoms with Crippen molar-refractivity contribution in [3.05, 3.63) is 0 Å². The standard InChI is InChI=1S/C18H37N5O/c1-15-9-6-7-13-23(15)14-8-10-21-17(19-5)22-12-11-20-16(24)18(2,3)4/h15H,6-14H2,1-5H3,(H,20,24)(H2,19,21,22). The van der Waals surface area contributed by atoms with Crippen LogP contribution in [0.1, 0.15) is 53.4 Å². The van der Waals surface area contributed by atoms with Crippen LogP contribution in [0.25, 0.3) is 0 Å². The van der Waals surface area contributed by atoms with Crippen LogP contribution in [0.4, 0.5) is 0 Å². The molecule has 3 N–H and O–H groups in total. The van der Waals surface area contributed by atoms with Crippen LogP contribution in [-0.2, 0) is 4.79 Å². The van der Waals surface area contributed by atoms with Gasteiger partial charge in [-0.2, -0.15) is 0 Å². The second-order valence-electron chi connectivity index (χ2n) is 7.67. The lowest BCUT2D eigenvalue weighted by molar-refractivity contribution is -0.128. The van der Waals surface area contributed by atoms with E-state index in [2.05, 4.69) is 32.8 Å². The normalized spacial score (nSPS) is 19.9. The Morgan fingerprint density at radius 1 is 1.12 bits per heavy atom. The Balaban J connectivity index is 2.11. The average molecular weight is 340 g/mol. The summed E-state index contributed by atoms with van der Waals surface area (Å²) in [5.41, 5.74) is -0.342. The minimum atomic E-state index is -0.342. The van der Waals surface area contributed by atoms with Gasteiger partial charge in [-0.05, 0) is 32.7 Å². The maximum absolute atomic E-state index is 11.8. The number of hydrogen-bond donors (Lipinski definition) is 3. The molecule has 1 atom stereocenters. The highest BCUT2D eigenvalue weighted by atomic mass is 16.2. The van der Waals surface area contributed by atoms with Gasteiger partial charge < -0.3 is 20.9 Å². The van der Waals surface area contributed by atoms with Crippen LogP contribution in [0.3, 0.4) is 0 Å². The molecule has 0 aliphatic carbocycles. The second-order valence-corrected chi connectivity index (χ2v) is 7.67. The predicted octanol–water partition coefficient (Wildman–Crippen LogP) is 1.58. The molecule has 1 aliphatic rings.